The smallest absolute Gasteiger partial charge is 0.407 e. The van der Waals surface area contributed by atoms with Gasteiger partial charge in [0, 0.05) is 18.7 Å². The van der Waals surface area contributed by atoms with Gasteiger partial charge in [0.05, 0.1) is 12.3 Å². The second kappa shape index (κ2) is 12.1. The summed E-state index contributed by atoms with van der Waals surface area (Å²) in [6.45, 7) is 17.8. The van der Waals surface area contributed by atoms with E-state index in [1.165, 1.54) is 6.07 Å². The van der Waals surface area contributed by atoms with Crippen molar-refractivity contribution >= 4 is 31.7 Å². The Morgan fingerprint density at radius 1 is 1.03 bits per heavy atom. The fourth-order valence-electron chi connectivity index (χ4n) is 2.53. The van der Waals surface area contributed by atoms with Gasteiger partial charge in [0.15, 0.2) is 8.32 Å². The van der Waals surface area contributed by atoms with Crippen LogP contribution in [-0.2, 0) is 9.16 Å². The molecule has 0 saturated carbocycles. The first-order valence-corrected chi connectivity index (χ1v) is 14.3. The molecule has 0 fully saturated rings. The molecule has 192 valence electrons. The summed E-state index contributed by atoms with van der Waals surface area (Å²) in [6.07, 6.45) is 3.15. The third-order valence-corrected chi connectivity index (χ3v) is 9.89. The molecule has 0 aliphatic rings. The molecule has 0 spiro atoms. The number of rotatable bonds is 11. The van der Waals surface area contributed by atoms with Crippen molar-refractivity contribution in [1.82, 2.24) is 5.32 Å². The summed E-state index contributed by atoms with van der Waals surface area (Å²) in [4.78, 5) is 23.3. The van der Waals surface area contributed by atoms with Gasteiger partial charge in [-0.1, -0.05) is 32.9 Å². The third-order valence-electron chi connectivity index (χ3n) is 5.35. The van der Waals surface area contributed by atoms with E-state index >= 15 is 0 Å². The van der Waals surface area contributed by atoms with Crippen LogP contribution in [0.3, 0.4) is 0 Å². The lowest BCUT2D eigenvalue weighted by atomic mass is 10.1. The maximum atomic E-state index is 11.7. The highest BCUT2D eigenvalue weighted by atomic mass is 28.4. The van der Waals surface area contributed by atoms with E-state index in [9.17, 15) is 9.59 Å². The summed E-state index contributed by atoms with van der Waals surface area (Å²) in [7, 11) is -1.89. The number of nitrogens with one attached hydrogen (secondary N) is 2. The second-order valence-electron chi connectivity index (χ2n) is 10.5. The van der Waals surface area contributed by atoms with Gasteiger partial charge in [-0.05, 0) is 51.0 Å². The lowest BCUT2D eigenvalue weighted by Crippen LogP contribution is -2.41. The Kier molecular flexibility index (Phi) is 10.4. The van der Waals surface area contributed by atoms with Crippen molar-refractivity contribution in [2.24, 2.45) is 5.73 Å². The molecule has 0 heterocycles. The Labute approximate surface area is 204 Å². The number of nitrogens with two attached hydrogens (primary N) is 2. The molecular formula is C24H42N4O5Si. The highest BCUT2D eigenvalue weighted by Crippen LogP contribution is 2.36. The van der Waals surface area contributed by atoms with E-state index in [1.54, 1.807) is 32.9 Å². The highest BCUT2D eigenvalue weighted by Gasteiger charge is 2.36. The quantitative estimate of drug-likeness (QED) is 0.156. The maximum absolute atomic E-state index is 11.7. The van der Waals surface area contributed by atoms with Crippen LogP contribution in [0.4, 0.5) is 16.2 Å². The molecule has 0 unspecified atom stereocenters. The van der Waals surface area contributed by atoms with E-state index in [0.717, 1.165) is 0 Å². The number of ether oxygens (including phenoxy) is 2. The predicted molar refractivity (Wildman–Crippen MR) is 140 cm³/mol. The minimum absolute atomic E-state index is 0.0979. The molecule has 9 nitrogen and oxygen atoms in total. The van der Waals surface area contributed by atoms with Crippen molar-refractivity contribution in [3.05, 3.63) is 29.8 Å². The molecule has 2 amide bonds. The number of carbonyl (C=O) groups excluding carboxylic acids is 2. The topological polar surface area (TPSA) is 138 Å². The van der Waals surface area contributed by atoms with Crippen LogP contribution in [0.1, 0.15) is 51.9 Å². The Balaban J connectivity index is 2.74. The molecule has 6 N–H and O–H groups in total. The van der Waals surface area contributed by atoms with E-state index in [4.69, 9.17) is 25.4 Å². The van der Waals surface area contributed by atoms with Crippen LogP contribution in [0.15, 0.2) is 24.3 Å². The first-order valence-electron chi connectivity index (χ1n) is 11.4. The van der Waals surface area contributed by atoms with Crippen molar-refractivity contribution in [3.63, 3.8) is 0 Å². The van der Waals surface area contributed by atoms with E-state index in [-0.39, 0.29) is 10.6 Å². The van der Waals surface area contributed by atoms with Gasteiger partial charge in [0.1, 0.15) is 23.6 Å². The number of amides is 2. The van der Waals surface area contributed by atoms with Crippen LogP contribution in [0.5, 0.6) is 5.75 Å². The molecule has 10 heteroatoms. The number of hydrogen-bond donors (Lipinski definition) is 4. The van der Waals surface area contributed by atoms with Crippen LogP contribution in [0.25, 0.3) is 0 Å². The zero-order valence-corrected chi connectivity index (χ0v) is 22.8. The minimum atomic E-state index is -1.89. The average molecular weight is 495 g/mol. The van der Waals surface area contributed by atoms with Crippen molar-refractivity contribution in [2.45, 2.75) is 65.3 Å². The molecule has 0 saturated heterocycles. The molecule has 0 atom stereocenters. The zero-order valence-electron chi connectivity index (χ0n) is 21.8. The lowest BCUT2D eigenvalue weighted by molar-refractivity contribution is 0.0534. The van der Waals surface area contributed by atoms with Gasteiger partial charge in [-0.3, -0.25) is 4.79 Å². The van der Waals surface area contributed by atoms with Crippen LogP contribution < -0.4 is 26.8 Å². The monoisotopic (exact) mass is 494 g/mol. The summed E-state index contributed by atoms with van der Waals surface area (Å²) in [5.41, 5.74) is 12.2. The van der Waals surface area contributed by atoms with Crippen LogP contribution >= 0.6 is 0 Å². The average Bonchev–Trinajstić information content (AvgIpc) is 2.66. The first kappa shape index (κ1) is 29.3. The molecule has 1 rings (SSSR count). The maximum Gasteiger partial charge on any atom is 0.407 e. The molecule has 34 heavy (non-hydrogen) atoms. The van der Waals surface area contributed by atoms with Gasteiger partial charge in [-0.15, -0.1) is 0 Å². The molecule has 0 aromatic heterocycles. The number of benzene rings is 1. The number of carbonyl (C=O) groups is 2. The summed E-state index contributed by atoms with van der Waals surface area (Å²) in [5, 5.41) is 5.94. The van der Waals surface area contributed by atoms with Gasteiger partial charge >= 0.3 is 6.09 Å². The molecule has 0 aliphatic heterocycles. The Morgan fingerprint density at radius 2 is 1.65 bits per heavy atom. The molecule has 0 radical (unpaired) electrons. The summed E-state index contributed by atoms with van der Waals surface area (Å²) >= 11 is 0. The van der Waals surface area contributed by atoms with E-state index < -0.39 is 25.9 Å². The van der Waals surface area contributed by atoms with Gasteiger partial charge in [-0.25, -0.2) is 4.79 Å². The summed E-state index contributed by atoms with van der Waals surface area (Å²) in [6, 6.07) is 3.08. The number of hydrogen-bond acceptors (Lipinski definition) is 7. The standard InChI is InChI=1S/C24H42N4O5Si/c1-23(2,3)33-22(30)28-12-10-9-11-27-20-18(25)15-17(21(26)29)16-19(20)31-13-14-32-34(7,8)24(4,5)6/h9-10,15-16,27H,11-14,25H2,1-8H3,(H2,26,29)(H,28,30)/b10-9+. The Bertz CT molecular complexity index is 873. The number of alkyl carbamates (subject to hydrolysis) is 1. The molecular weight excluding hydrogens is 452 g/mol. The van der Waals surface area contributed by atoms with Gasteiger partial charge < -0.3 is 36.0 Å². The van der Waals surface area contributed by atoms with Crippen LogP contribution in [0.2, 0.25) is 18.1 Å². The van der Waals surface area contributed by atoms with Crippen molar-refractivity contribution < 1.29 is 23.5 Å². The summed E-state index contributed by atoms with van der Waals surface area (Å²) in [5.74, 6) is -0.165. The van der Waals surface area contributed by atoms with Gasteiger partial charge in [0.2, 0.25) is 5.91 Å². The Morgan fingerprint density at radius 3 is 2.21 bits per heavy atom. The summed E-state index contributed by atoms with van der Waals surface area (Å²) < 4.78 is 17.3. The third kappa shape index (κ3) is 10.0. The molecule has 0 aliphatic carbocycles. The predicted octanol–water partition coefficient (Wildman–Crippen LogP) is 4.26. The van der Waals surface area contributed by atoms with Crippen molar-refractivity contribution in [1.29, 1.82) is 0 Å². The lowest BCUT2D eigenvalue weighted by Gasteiger charge is -2.36. The number of anilines is 2. The van der Waals surface area contributed by atoms with E-state index in [1.807, 2.05) is 6.08 Å². The van der Waals surface area contributed by atoms with Gasteiger partial charge in [0.25, 0.3) is 0 Å². The SMILES string of the molecule is CC(C)(C)OC(=O)NC/C=C/CNc1c(N)cc(C(N)=O)cc1OCCO[Si](C)(C)C(C)(C)C. The first-order chi connectivity index (χ1) is 15.5. The molecule has 1 aromatic carbocycles. The largest absolute Gasteiger partial charge is 0.489 e. The fourth-order valence-corrected chi connectivity index (χ4v) is 3.56. The van der Waals surface area contributed by atoms with E-state index in [0.29, 0.717) is 43.4 Å². The number of nitrogen functional groups attached to an aromatic ring is 1. The second-order valence-corrected chi connectivity index (χ2v) is 15.3. The fraction of sp³-hybridized carbons (Fsp3) is 0.583. The van der Waals surface area contributed by atoms with E-state index in [2.05, 4.69) is 44.5 Å². The normalized spacial score (nSPS) is 12.5. The number of primary amides is 1. The zero-order chi connectivity index (χ0) is 26.2. The van der Waals surface area contributed by atoms with Crippen LogP contribution in [-0.4, -0.2) is 52.2 Å². The molecule has 0 bridgehead atoms. The van der Waals surface area contributed by atoms with Crippen molar-refractivity contribution in [3.8, 4) is 5.75 Å². The van der Waals surface area contributed by atoms with Gasteiger partial charge in [-0.2, -0.15) is 0 Å². The van der Waals surface area contributed by atoms with Crippen molar-refractivity contribution in [2.75, 3.05) is 37.4 Å². The highest BCUT2D eigenvalue weighted by molar-refractivity contribution is 6.74. The minimum Gasteiger partial charge on any atom is -0.489 e. The molecule has 1 aromatic rings. The Hall–Kier alpha value is -2.72. The van der Waals surface area contributed by atoms with Crippen LogP contribution in [0, 0.1) is 0 Å².